The van der Waals surface area contributed by atoms with Crippen molar-refractivity contribution < 1.29 is 18.9 Å². The molecule has 0 radical (unpaired) electrons. The first-order valence-corrected chi connectivity index (χ1v) is 5.60. The van der Waals surface area contributed by atoms with Crippen LogP contribution in [0.15, 0.2) is 11.1 Å². The van der Waals surface area contributed by atoms with Gasteiger partial charge < -0.3 is 18.9 Å². The van der Waals surface area contributed by atoms with Gasteiger partial charge >= 0.3 is 0 Å². The molecule has 1 aliphatic rings. The van der Waals surface area contributed by atoms with E-state index in [1.54, 1.807) is 14.2 Å². The summed E-state index contributed by atoms with van der Waals surface area (Å²) in [5.74, 6) is 2.70. The highest BCUT2D eigenvalue weighted by Crippen LogP contribution is 2.28. The van der Waals surface area contributed by atoms with E-state index in [2.05, 4.69) is 5.92 Å². The first kappa shape index (κ1) is 14.2. The molecule has 2 atom stereocenters. The van der Waals surface area contributed by atoms with E-state index >= 15 is 0 Å². The van der Waals surface area contributed by atoms with Gasteiger partial charge in [-0.05, 0) is 12.5 Å². The van der Waals surface area contributed by atoms with Crippen molar-refractivity contribution in [3.8, 4) is 12.3 Å². The van der Waals surface area contributed by atoms with Gasteiger partial charge in [-0.25, -0.2) is 0 Å². The van der Waals surface area contributed by atoms with Gasteiger partial charge in [0.2, 0.25) is 0 Å². The van der Waals surface area contributed by atoms with E-state index < -0.39 is 0 Å². The number of hydrogen-bond acceptors (Lipinski definition) is 4. The number of hydrogen-bond donors (Lipinski definition) is 0. The Kier molecular flexibility index (Phi) is 6.23. The van der Waals surface area contributed by atoms with Crippen LogP contribution in [0.2, 0.25) is 0 Å². The molecule has 0 aromatic heterocycles. The van der Waals surface area contributed by atoms with Crippen molar-refractivity contribution in [2.75, 3.05) is 27.8 Å². The zero-order valence-electron chi connectivity index (χ0n) is 10.7. The van der Waals surface area contributed by atoms with E-state index in [0.717, 1.165) is 24.0 Å². The van der Waals surface area contributed by atoms with E-state index in [0.29, 0.717) is 0 Å². The molecule has 0 N–H and O–H groups in total. The molecule has 0 unspecified atom stereocenters. The van der Waals surface area contributed by atoms with Crippen LogP contribution in [0, 0.1) is 12.3 Å². The Labute approximate surface area is 103 Å². The molecule has 1 aliphatic carbocycles. The maximum Gasteiger partial charge on any atom is 0.147 e. The number of rotatable bonds is 6. The Morgan fingerprint density at radius 3 is 2.47 bits per heavy atom. The van der Waals surface area contributed by atoms with Crippen molar-refractivity contribution in [1.82, 2.24) is 0 Å². The fraction of sp³-hybridized carbons (Fsp3) is 0.692. The maximum atomic E-state index is 5.59. The molecule has 0 spiro atoms. The molecule has 0 bridgehead atoms. The van der Waals surface area contributed by atoms with Crippen molar-refractivity contribution in [3.05, 3.63) is 11.1 Å². The second-order valence-electron chi connectivity index (χ2n) is 4.00. The Hall–Kier alpha value is -0.860. The van der Waals surface area contributed by atoms with Gasteiger partial charge in [-0.3, -0.25) is 0 Å². The normalized spacial score (nSPS) is 24.8. The lowest BCUT2D eigenvalue weighted by molar-refractivity contribution is -0.109. The average Bonchev–Trinajstić information content (AvgIpc) is 2.35. The number of methoxy groups -OCH3 is 2. The maximum absolute atomic E-state index is 5.59. The van der Waals surface area contributed by atoms with Gasteiger partial charge in [0.15, 0.2) is 0 Å². The van der Waals surface area contributed by atoms with Crippen LogP contribution in [0.3, 0.4) is 0 Å². The van der Waals surface area contributed by atoms with Crippen molar-refractivity contribution in [2.24, 2.45) is 0 Å². The average molecular weight is 240 g/mol. The van der Waals surface area contributed by atoms with Gasteiger partial charge in [-0.15, -0.1) is 6.42 Å². The zero-order valence-corrected chi connectivity index (χ0v) is 10.7. The molecule has 0 saturated carbocycles. The van der Waals surface area contributed by atoms with E-state index in [9.17, 15) is 0 Å². The molecular weight excluding hydrogens is 220 g/mol. The van der Waals surface area contributed by atoms with Gasteiger partial charge in [0.05, 0.1) is 12.2 Å². The summed E-state index contributed by atoms with van der Waals surface area (Å²) >= 11 is 0. The molecule has 4 heteroatoms. The molecule has 0 saturated heterocycles. The van der Waals surface area contributed by atoms with Crippen molar-refractivity contribution in [1.29, 1.82) is 0 Å². The first-order valence-electron chi connectivity index (χ1n) is 5.60. The second kappa shape index (κ2) is 7.46. The number of terminal acetylenes is 1. The highest BCUT2D eigenvalue weighted by Gasteiger charge is 2.27. The number of ether oxygens (including phenoxy) is 4. The monoisotopic (exact) mass is 240 g/mol. The summed E-state index contributed by atoms with van der Waals surface area (Å²) in [5, 5.41) is 0. The van der Waals surface area contributed by atoms with Gasteiger partial charge in [0, 0.05) is 32.6 Å². The summed E-state index contributed by atoms with van der Waals surface area (Å²) in [5.41, 5.74) is 2.06. The molecule has 4 nitrogen and oxygen atoms in total. The third-order valence-electron chi connectivity index (χ3n) is 2.85. The van der Waals surface area contributed by atoms with Crippen LogP contribution in [-0.4, -0.2) is 40.0 Å². The molecule has 0 aliphatic heterocycles. The third-order valence-corrected chi connectivity index (χ3v) is 2.85. The van der Waals surface area contributed by atoms with Crippen molar-refractivity contribution >= 4 is 0 Å². The van der Waals surface area contributed by atoms with Gasteiger partial charge in [-0.1, -0.05) is 5.92 Å². The minimum atomic E-state index is -0.0309. The Morgan fingerprint density at radius 2 is 1.88 bits per heavy atom. The summed E-state index contributed by atoms with van der Waals surface area (Å²) in [6.07, 6.45) is 7.04. The van der Waals surface area contributed by atoms with Crippen molar-refractivity contribution in [2.45, 2.75) is 32.0 Å². The molecule has 0 amide bonds. The minimum absolute atomic E-state index is 0.0309. The molecule has 96 valence electrons. The quantitative estimate of drug-likeness (QED) is 0.523. The Balaban J connectivity index is 2.65. The highest BCUT2D eigenvalue weighted by molar-refractivity contribution is 5.35. The molecule has 0 fully saturated rings. The van der Waals surface area contributed by atoms with Crippen LogP contribution in [-0.2, 0) is 18.9 Å². The lowest BCUT2D eigenvalue weighted by Crippen LogP contribution is -2.31. The van der Waals surface area contributed by atoms with Gasteiger partial charge in [0.25, 0.3) is 0 Å². The predicted octanol–water partition coefficient (Wildman–Crippen LogP) is 1.71. The molecule has 0 aromatic rings. The van der Waals surface area contributed by atoms with E-state index in [1.165, 1.54) is 0 Å². The molecule has 0 aromatic carbocycles. The summed E-state index contributed by atoms with van der Waals surface area (Å²) in [6.45, 7) is 2.54. The summed E-state index contributed by atoms with van der Waals surface area (Å²) in [7, 11) is 3.20. The van der Waals surface area contributed by atoms with Crippen LogP contribution >= 0.6 is 0 Å². The molecule has 1 rings (SSSR count). The van der Waals surface area contributed by atoms with Crippen LogP contribution in [0.4, 0.5) is 0 Å². The van der Waals surface area contributed by atoms with Crippen LogP contribution in [0.1, 0.15) is 19.8 Å². The van der Waals surface area contributed by atoms with Crippen LogP contribution < -0.4 is 0 Å². The van der Waals surface area contributed by atoms with Crippen LogP contribution in [0.25, 0.3) is 0 Å². The molecule has 0 heterocycles. The fourth-order valence-electron chi connectivity index (χ4n) is 1.89. The predicted molar refractivity (Wildman–Crippen MR) is 64.3 cm³/mol. The van der Waals surface area contributed by atoms with E-state index in [4.69, 9.17) is 25.4 Å². The SMILES string of the molecule is C#CC1=C(C)[C@@H](OCOC)C[C@H](OCOC)C1. The summed E-state index contributed by atoms with van der Waals surface area (Å²) < 4.78 is 21.0. The standard InChI is InChI=1S/C13H20O4/c1-5-11-6-12(16-8-14-3)7-13(10(11)2)17-9-15-4/h1,12-13H,6-9H2,2-4H3/t12-,13+/m1/s1. The lowest BCUT2D eigenvalue weighted by Gasteiger charge is -2.30. The molecular formula is C13H20O4. The topological polar surface area (TPSA) is 36.9 Å². The minimum Gasteiger partial charge on any atom is -0.359 e. The highest BCUT2D eigenvalue weighted by atomic mass is 16.7. The van der Waals surface area contributed by atoms with Gasteiger partial charge in [0.1, 0.15) is 13.6 Å². The fourth-order valence-corrected chi connectivity index (χ4v) is 1.89. The smallest absolute Gasteiger partial charge is 0.147 e. The Morgan fingerprint density at radius 1 is 1.24 bits per heavy atom. The lowest BCUT2D eigenvalue weighted by atomic mass is 9.88. The van der Waals surface area contributed by atoms with Crippen molar-refractivity contribution in [3.63, 3.8) is 0 Å². The van der Waals surface area contributed by atoms with Crippen LogP contribution in [0.5, 0.6) is 0 Å². The summed E-state index contributed by atoms with van der Waals surface area (Å²) in [4.78, 5) is 0. The Bertz CT molecular complexity index is 303. The zero-order chi connectivity index (χ0) is 12.7. The van der Waals surface area contributed by atoms with E-state index in [-0.39, 0.29) is 25.8 Å². The third kappa shape index (κ3) is 4.14. The molecule has 17 heavy (non-hydrogen) atoms. The first-order chi connectivity index (χ1) is 8.22. The van der Waals surface area contributed by atoms with E-state index in [1.807, 2.05) is 6.92 Å². The largest absolute Gasteiger partial charge is 0.359 e. The summed E-state index contributed by atoms with van der Waals surface area (Å²) in [6, 6.07) is 0. The second-order valence-corrected chi connectivity index (χ2v) is 4.00. The van der Waals surface area contributed by atoms with Gasteiger partial charge in [-0.2, -0.15) is 0 Å².